The van der Waals surface area contributed by atoms with E-state index in [9.17, 15) is 4.79 Å². The lowest BCUT2D eigenvalue weighted by Gasteiger charge is -2.27. The molecule has 2 aromatic heterocycles. The third kappa shape index (κ3) is 3.67. The van der Waals surface area contributed by atoms with Crippen LogP contribution in [0.3, 0.4) is 0 Å². The first-order chi connectivity index (χ1) is 12.6. The van der Waals surface area contributed by atoms with Crippen molar-refractivity contribution in [2.45, 2.75) is 52.4 Å². The molecule has 0 radical (unpaired) electrons. The van der Waals surface area contributed by atoms with Crippen LogP contribution in [-0.2, 0) is 24.4 Å². The van der Waals surface area contributed by atoms with Crippen molar-refractivity contribution < 1.29 is 4.79 Å². The molecule has 1 amide bonds. The van der Waals surface area contributed by atoms with Gasteiger partial charge in [0, 0.05) is 75.6 Å². The number of hydrogen-bond acceptors (Lipinski definition) is 4. The Morgan fingerprint density at radius 2 is 2.15 bits per heavy atom. The normalized spacial score (nSPS) is 21.4. The van der Waals surface area contributed by atoms with Gasteiger partial charge in [0.1, 0.15) is 0 Å². The second kappa shape index (κ2) is 7.23. The molecule has 7 nitrogen and oxygen atoms in total. The lowest BCUT2D eigenvalue weighted by molar-refractivity contribution is -0.128. The predicted octanol–water partition coefficient (Wildman–Crippen LogP) is 1.91. The number of carbonyl (C=O) groups is 1. The van der Waals surface area contributed by atoms with E-state index >= 15 is 0 Å². The summed E-state index contributed by atoms with van der Waals surface area (Å²) in [6, 6.07) is 2.48. The summed E-state index contributed by atoms with van der Waals surface area (Å²) in [5.74, 6) is 0.707. The molecule has 7 heteroatoms. The minimum atomic E-state index is 0.305. The number of aromatic nitrogens is 4. The molecule has 2 aromatic rings. The van der Waals surface area contributed by atoms with Crippen LogP contribution in [0.4, 0.5) is 0 Å². The van der Waals surface area contributed by atoms with Gasteiger partial charge >= 0.3 is 0 Å². The van der Waals surface area contributed by atoms with Crippen LogP contribution < -0.4 is 0 Å². The van der Waals surface area contributed by atoms with Crippen molar-refractivity contribution in [3.63, 3.8) is 0 Å². The van der Waals surface area contributed by atoms with Gasteiger partial charge < -0.3 is 4.90 Å². The molecule has 0 saturated carbocycles. The van der Waals surface area contributed by atoms with Crippen molar-refractivity contribution in [3.8, 4) is 0 Å². The summed E-state index contributed by atoms with van der Waals surface area (Å²) in [4.78, 5) is 16.5. The topological polar surface area (TPSA) is 59.2 Å². The first kappa shape index (κ1) is 17.3. The van der Waals surface area contributed by atoms with Crippen LogP contribution >= 0.6 is 0 Å². The van der Waals surface area contributed by atoms with E-state index in [1.165, 1.54) is 11.3 Å². The van der Waals surface area contributed by atoms with Crippen LogP contribution in [0.2, 0.25) is 0 Å². The van der Waals surface area contributed by atoms with E-state index in [1.807, 2.05) is 22.0 Å². The molecular weight excluding hydrogens is 328 g/mol. The summed E-state index contributed by atoms with van der Waals surface area (Å²) in [5.41, 5.74) is 2.49. The molecule has 0 bridgehead atoms. The summed E-state index contributed by atoms with van der Waals surface area (Å²) >= 11 is 0. The maximum Gasteiger partial charge on any atom is 0.222 e. The van der Waals surface area contributed by atoms with E-state index in [0.717, 1.165) is 45.7 Å². The Bertz CT molecular complexity index is 764. The van der Waals surface area contributed by atoms with E-state index in [2.05, 4.69) is 45.9 Å². The minimum Gasteiger partial charge on any atom is -0.342 e. The highest BCUT2D eigenvalue weighted by atomic mass is 16.2. The highest BCUT2D eigenvalue weighted by Crippen LogP contribution is 2.21. The summed E-state index contributed by atoms with van der Waals surface area (Å²) in [6.07, 6.45) is 7.70. The molecule has 2 aliphatic rings. The van der Waals surface area contributed by atoms with E-state index in [1.54, 1.807) is 0 Å². The Kier molecular flexibility index (Phi) is 4.80. The largest absolute Gasteiger partial charge is 0.342 e. The van der Waals surface area contributed by atoms with Gasteiger partial charge in [-0.15, -0.1) is 0 Å². The Morgan fingerprint density at radius 3 is 2.88 bits per heavy atom. The van der Waals surface area contributed by atoms with Gasteiger partial charge in [-0.2, -0.15) is 10.2 Å². The highest BCUT2D eigenvalue weighted by molar-refractivity contribution is 5.78. The number of likely N-dealkylation sites (tertiary alicyclic amines) is 1. The van der Waals surface area contributed by atoms with Crippen molar-refractivity contribution in [1.82, 2.24) is 29.4 Å². The zero-order chi connectivity index (χ0) is 18.1. The van der Waals surface area contributed by atoms with Crippen LogP contribution in [0, 0.1) is 5.92 Å². The maximum atomic E-state index is 12.0. The molecule has 140 valence electrons. The van der Waals surface area contributed by atoms with Crippen molar-refractivity contribution >= 4 is 5.91 Å². The monoisotopic (exact) mass is 356 g/mol. The van der Waals surface area contributed by atoms with Gasteiger partial charge in [-0.3, -0.25) is 19.1 Å². The van der Waals surface area contributed by atoms with Gasteiger partial charge in [0.2, 0.25) is 5.91 Å². The van der Waals surface area contributed by atoms with Crippen molar-refractivity contribution in [3.05, 3.63) is 35.9 Å². The summed E-state index contributed by atoms with van der Waals surface area (Å²) in [6.45, 7) is 9.64. The molecule has 0 unspecified atom stereocenters. The SMILES string of the molecule is CC(C)n1cc(CN2Cc3ccnn3C[C@H](CN3CCCC3=O)C2)cn1. The molecule has 26 heavy (non-hydrogen) atoms. The highest BCUT2D eigenvalue weighted by Gasteiger charge is 2.28. The standard InChI is InChI=1S/C19H28N6O/c1-15(2)24-12-16(8-21-24)9-22-10-17(11-23-7-3-4-19(23)26)13-25-18(14-22)5-6-20-25/h5-6,8,12,15,17H,3-4,7,9-11,13-14H2,1-2H3/t17-/m0/s1. The Morgan fingerprint density at radius 1 is 1.27 bits per heavy atom. The number of hydrogen-bond donors (Lipinski definition) is 0. The van der Waals surface area contributed by atoms with E-state index in [0.29, 0.717) is 24.3 Å². The van der Waals surface area contributed by atoms with Gasteiger partial charge in [0.25, 0.3) is 0 Å². The first-order valence-electron chi connectivity index (χ1n) is 9.62. The van der Waals surface area contributed by atoms with Crippen molar-refractivity contribution in [2.75, 3.05) is 19.6 Å². The molecule has 0 N–H and O–H groups in total. The second-order valence-electron chi connectivity index (χ2n) is 7.91. The number of amides is 1. The molecule has 1 fully saturated rings. The predicted molar refractivity (Wildman–Crippen MR) is 98.3 cm³/mol. The Balaban J connectivity index is 1.49. The fraction of sp³-hybridized carbons (Fsp3) is 0.632. The Labute approximate surface area is 154 Å². The quantitative estimate of drug-likeness (QED) is 0.821. The zero-order valence-corrected chi connectivity index (χ0v) is 15.7. The minimum absolute atomic E-state index is 0.305. The number of fused-ring (bicyclic) bond motifs is 1. The van der Waals surface area contributed by atoms with E-state index < -0.39 is 0 Å². The molecule has 4 rings (SSSR count). The average molecular weight is 356 g/mol. The molecule has 2 aliphatic heterocycles. The Hall–Kier alpha value is -2.15. The number of rotatable bonds is 5. The lowest BCUT2D eigenvalue weighted by atomic mass is 10.1. The smallest absolute Gasteiger partial charge is 0.222 e. The second-order valence-corrected chi connectivity index (χ2v) is 7.91. The third-order valence-corrected chi connectivity index (χ3v) is 5.38. The van der Waals surface area contributed by atoms with Crippen LogP contribution in [0.25, 0.3) is 0 Å². The molecule has 1 saturated heterocycles. The van der Waals surface area contributed by atoms with E-state index in [4.69, 9.17) is 0 Å². The average Bonchev–Trinajstić information content (AvgIpc) is 3.30. The summed E-state index contributed by atoms with van der Waals surface area (Å²) < 4.78 is 4.13. The van der Waals surface area contributed by atoms with Crippen LogP contribution in [0.15, 0.2) is 24.7 Å². The fourth-order valence-electron chi connectivity index (χ4n) is 4.06. The van der Waals surface area contributed by atoms with Gasteiger partial charge in [-0.05, 0) is 26.3 Å². The van der Waals surface area contributed by atoms with Crippen LogP contribution in [0.1, 0.15) is 44.0 Å². The maximum absolute atomic E-state index is 12.0. The number of carbonyl (C=O) groups excluding carboxylic acids is 1. The third-order valence-electron chi connectivity index (χ3n) is 5.38. The lowest BCUT2D eigenvalue weighted by Crippen LogP contribution is -2.37. The molecule has 1 atom stereocenters. The number of nitrogens with zero attached hydrogens (tertiary/aromatic N) is 6. The molecular formula is C19H28N6O. The van der Waals surface area contributed by atoms with Gasteiger partial charge in [0.05, 0.1) is 11.9 Å². The van der Waals surface area contributed by atoms with Gasteiger partial charge in [0.15, 0.2) is 0 Å². The van der Waals surface area contributed by atoms with Crippen molar-refractivity contribution in [2.24, 2.45) is 5.92 Å². The van der Waals surface area contributed by atoms with Gasteiger partial charge in [-0.25, -0.2) is 0 Å². The fourth-order valence-corrected chi connectivity index (χ4v) is 4.06. The van der Waals surface area contributed by atoms with Crippen LogP contribution in [0.5, 0.6) is 0 Å². The summed E-state index contributed by atoms with van der Waals surface area (Å²) in [5, 5.41) is 8.97. The summed E-state index contributed by atoms with van der Waals surface area (Å²) in [7, 11) is 0. The van der Waals surface area contributed by atoms with E-state index in [-0.39, 0.29) is 0 Å². The van der Waals surface area contributed by atoms with Crippen molar-refractivity contribution in [1.29, 1.82) is 0 Å². The molecule has 0 spiro atoms. The first-order valence-corrected chi connectivity index (χ1v) is 9.62. The molecule has 4 heterocycles. The molecule has 0 aromatic carbocycles. The molecule has 0 aliphatic carbocycles. The zero-order valence-electron chi connectivity index (χ0n) is 15.7. The van der Waals surface area contributed by atoms with Crippen LogP contribution in [-0.4, -0.2) is 54.9 Å². The van der Waals surface area contributed by atoms with Gasteiger partial charge in [-0.1, -0.05) is 0 Å².